The Bertz CT molecular complexity index is 1020. The fourth-order valence-electron chi connectivity index (χ4n) is 5.84. The van der Waals surface area contributed by atoms with Crippen molar-refractivity contribution in [3.05, 3.63) is 70.3 Å². The molecule has 0 spiro atoms. The highest BCUT2D eigenvalue weighted by atomic mass is 16.5. The lowest BCUT2D eigenvalue weighted by molar-refractivity contribution is -0.000501. The van der Waals surface area contributed by atoms with E-state index in [1.54, 1.807) is 0 Å². The molecule has 0 aromatic heterocycles. The zero-order chi connectivity index (χ0) is 23.8. The topological polar surface area (TPSA) is 44.7 Å². The normalized spacial score (nSPS) is 23.5. The van der Waals surface area contributed by atoms with E-state index in [0.29, 0.717) is 11.7 Å². The molecule has 0 saturated carbocycles. The summed E-state index contributed by atoms with van der Waals surface area (Å²) in [5, 5.41) is 14.2. The van der Waals surface area contributed by atoms with Crippen LogP contribution < -0.4 is 10.1 Å². The van der Waals surface area contributed by atoms with Crippen LogP contribution in [0.5, 0.6) is 11.5 Å². The van der Waals surface area contributed by atoms with Crippen LogP contribution in [0.25, 0.3) is 0 Å². The first kappa shape index (κ1) is 23.8. The van der Waals surface area contributed by atoms with Crippen LogP contribution in [0.1, 0.15) is 61.3 Å². The number of ether oxygens (including phenoxy) is 1. The van der Waals surface area contributed by atoms with Crippen molar-refractivity contribution in [1.82, 2.24) is 10.2 Å². The van der Waals surface area contributed by atoms with Crippen LogP contribution in [0.2, 0.25) is 0 Å². The van der Waals surface area contributed by atoms with Gasteiger partial charge in [0.05, 0.1) is 0 Å². The largest absolute Gasteiger partial charge is 0.508 e. The summed E-state index contributed by atoms with van der Waals surface area (Å²) in [7, 11) is 6.22. The second kappa shape index (κ2) is 9.52. The summed E-state index contributed by atoms with van der Waals surface area (Å²) in [6.07, 6.45) is 5.40. The molecule has 33 heavy (non-hydrogen) atoms. The standard InChI is InChI=1S/C29H40N2O2/c1-19-15-24(22-17-20(11-13-30-4)7-9-26(22)32)28-25(16-19)23-18-21(12-14-31(5)6)8-10-27(23)33-29(28,2)3/h7-10,15,17-18,24-25,28,30,32H,11-14,16H2,1-6H3. The van der Waals surface area contributed by atoms with Crippen LogP contribution in [0, 0.1) is 5.92 Å². The Kier molecular flexibility index (Phi) is 6.88. The second-order valence-electron chi connectivity index (χ2n) is 10.8. The van der Waals surface area contributed by atoms with Crippen molar-refractivity contribution >= 4 is 0 Å². The Balaban J connectivity index is 1.75. The van der Waals surface area contributed by atoms with E-state index in [1.165, 1.54) is 22.3 Å². The average molecular weight is 449 g/mol. The number of hydrogen-bond acceptors (Lipinski definition) is 4. The molecule has 1 heterocycles. The highest BCUT2D eigenvalue weighted by Gasteiger charge is 2.49. The maximum atomic E-state index is 10.9. The lowest BCUT2D eigenvalue weighted by atomic mass is 9.61. The first-order valence-electron chi connectivity index (χ1n) is 12.3. The second-order valence-corrected chi connectivity index (χ2v) is 10.8. The number of benzene rings is 2. The molecule has 0 saturated heterocycles. The van der Waals surface area contributed by atoms with Gasteiger partial charge in [0.25, 0.3) is 0 Å². The molecular formula is C29H40N2O2. The molecule has 4 rings (SSSR count). The van der Waals surface area contributed by atoms with E-state index in [9.17, 15) is 5.11 Å². The number of phenols is 1. The molecule has 0 bridgehead atoms. The van der Waals surface area contributed by atoms with Gasteiger partial charge in [0.1, 0.15) is 17.1 Å². The zero-order valence-electron chi connectivity index (χ0n) is 21.1. The minimum atomic E-state index is -0.335. The smallest absolute Gasteiger partial charge is 0.123 e. The van der Waals surface area contributed by atoms with Crippen molar-refractivity contribution in [2.24, 2.45) is 5.92 Å². The molecule has 3 unspecified atom stereocenters. The molecule has 2 aliphatic rings. The van der Waals surface area contributed by atoms with Crippen LogP contribution in [-0.2, 0) is 12.8 Å². The van der Waals surface area contributed by atoms with Crippen molar-refractivity contribution in [2.75, 3.05) is 34.2 Å². The summed E-state index contributed by atoms with van der Waals surface area (Å²) in [5.41, 5.74) is 6.04. The van der Waals surface area contributed by atoms with Gasteiger partial charge in [0.2, 0.25) is 0 Å². The number of allylic oxidation sites excluding steroid dienone is 2. The Hall–Kier alpha value is -2.30. The van der Waals surface area contributed by atoms with E-state index in [-0.39, 0.29) is 17.4 Å². The van der Waals surface area contributed by atoms with Crippen LogP contribution in [-0.4, -0.2) is 49.8 Å². The van der Waals surface area contributed by atoms with Gasteiger partial charge in [-0.1, -0.05) is 35.9 Å². The monoisotopic (exact) mass is 448 g/mol. The number of aromatic hydroxyl groups is 1. The molecule has 3 atom stereocenters. The van der Waals surface area contributed by atoms with Gasteiger partial charge >= 0.3 is 0 Å². The summed E-state index contributed by atoms with van der Waals surface area (Å²) in [6, 6.07) is 12.9. The molecule has 0 radical (unpaired) electrons. The lowest BCUT2D eigenvalue weighted by Gasteiger charge is -2.50. The van der Waals surface area contributed by atoms with Crippen molar-refractivity contribution < 1.29 is 9.84 Å². The summed E-state index contributed by atoms with van der Waals surface area (Å²) in [4.78, 5) is 2.23. The lowest BCUT2D eigenvalue weighted by Crippen LogP contribution is -2.48. The summed E-state index contributed by atoms with van der Waals surface area (Å²) in [5.74, 6) is 2.16. The van der Waals surface area contributed by atoms with E-state index in [2.05, 4.69) is 75.4 Å². The zero-order valence-corrected chi connectivity index (χ0v) is 21.1. The van der Waals surface area contributed by atoms with Gasteiger partial charge in [-0.05, 0) is 102 Å². The predicted molar refractivity (Wildman–Crippen MR) is 136 cm³/mol. The quantitative estimate of drug-likeness (QED) is 0.567. The fourth-order valence-corrected chi connectivity index (χ4v) is 5.84. The van der Waals surface area contributed by atoms with E-state index in [1.807, 2.05) is 19.2 Å². The summed E-state index contributed by atoms with van der Waals surface area (Å²) in [6.45, 7) is 8.64. The molecule has 2 aromatic carbocycles. The van der Waals surface area contributed by atoms with Gasteiger partial charge in [0.15, 0.2) is 0 Å². The van der Waals surface area contributed by atoms with E-state index in [4.69, 9.17) is 4.74 Å². The third-order valence-electron chi connectivity index (χ3n) is 7.44. The number of nitrogens with one attached hydrogen (secondary N) is 1. The molecule has 4 heteroatoms. The summed E-state index contributed by atoms with van der Waals surface area (Å²) < 4.78 is 6.66. The number of likely N-dealkylation sites (N-methyl/N-ethyl adjacent to an activating group) is 2. The predicted octanol–water partition coefficient (Wildman–Crippen LogP) is 5.26. The highest BCUT2D eigenvalue weighted by molar-refractivity contribution is 5.49. The Morgan fingerprint density at radius 3 is 2.48 bits per heavy atom. The van der Waals surface area contributed by atoms with Crippen molar-refractivity contribution in [1.29, 1.82) is 0 Å². The third-order valence-corrected chi connectivity index (χ3v) is 7.44. The molecule has 2 N–H and O–H groups in total. The maximum absolute atomic E-state index is 10.9. The molecule has 0 fully saturated rings. The fraction of sp³-hybridized carbons (Fsp3) is 0.517. The number of rotatable bonds is 7. The molecule has 1 aliphatic heterocycles. The van der Waals surface area contributed by atoms with Gasteiger partial charge in [-0.2, -0.15) is 0 Å². The Morgan fingerprint density at radius 2 is 1.76 bits per heavy atom. The molecular weight excluding hydrogens is 408 g/mol. The van der Waals surface area contributed by atoms with E-state index < -0.39 is 0 Å². The molecule has 178 valence electrons. The van der Waals surface area contributed by atoms with Gasteiger partial charge < -0.3 is 20.1 Å². The number of hydrogen-bond donors (Lipinski definition) is 2. The van der Waals surface area contributed by atoms with Crippen molar-refractivity contribution in [3.63, 3.8) is 0 Å². The van der Waals surface area contributed by atoms with Crippen LogP contribution in [0.3, 0.4) is 0 Å². The van der Waals surface area contributed by atoms with Crippen LogP contribution >= 0.6 is 0 Å². The molecule has 1 aliphatic carbocycles. The van der Waals surface area contributed by atoms with Gasteiger partial charge in [-0.25, -0.2) is 0 Å². The van der Waals surface area contributed by atoms with Gasteiger partial charge in [0, 0.05) is 23.9 Å². The Labute approximate surface area is 199 Å². The third kappa shape index (κ3) is 4.97. The first-order chi connectivity index (χ1) is 15.7. The SMILES string of the molecule is CNCCc1ccc(O)c(C2C=C(C)CC3c4cc(CCN(C)C)ccc4OC(C)(C)C23)c1. The maximum Gasteiger partial charge on any atom is 0.123 e. The van der Waals surface area contributed by atoms with E-state index in [0.717, 1.165) is 43.7 Å². The minimum Gasteiger partial charge on any atom is -0.508 e. The van der Waals surface area contributed by atoms with Crippen molar-refractivity contribution in [2.45, 2.75) is 57.5 Å². The van der Waals surface area contributed by atoms with Gasteiger partial charge in [-0.3, -0.25) is 0 Å². The molecule has 0 amide bonds. The van der Waals surface area contributed by atoms with Gasteiger partial charge in [-0.15, -0.1) is 0 Å². The number of fused-ring (bicyclic) bond motifs is 3. The van der Waals surface area contributed by atoms with Crippen LogP contribution in [0.4, 0.5) is 0 Å². The first-order valence-corrected chi connectivity index (χ1v) is 12.3. The molecule has 4 nitrogen and oxygen atoms in total. The minimum absolute atomic E-state index is 0.117. The average Bonchev–Trinajstić information content (AvgIpc) is 2.76. The number of phenolic OH excluding ortho intramolecular Hbond substituents is 1. The van der Waals surface area contributed by atoms with Crippen molar-refractivity contribution in [3.8, 4) is 11.5 Å². The number of nitrogens with zero attached hydrogens (tertiary/aromatic N) is 1. The molecule has 2 aromatic rings. The van der Waals surface area contributed by atoms with E-state index >= 15 is 0 Å². The Morgan fingerprint density at radius 1 is 1.06 bits per heavy atom. The van der Waals surface area contributed by atoms with Crippen LogP contribution in [0.15, 0.2) is 48.0 Å². The highest BCUT2D eigenvalue weighted by Crippen LogP contribution is 2.56. The summed E-state index contributed by atoms with van der Waals surface area (Å²) >= 11 is 0.